The number of pyridine rings is 2. The van der Waals surface area contributed by atoms with Gasteiger partial charge < -0.3 is 5.32 Å². The quantitative estimate of drug-likeness (QED) is 0.768. The highest BCUT2D eigenvalue weighted by Crippen LogP contribution is 2.27. The minimum Gasteiger partial charge on any atom is -0.370 e. The van der Waals surface area contributed by atoms with Crippen LogP contribution in [0.25, 0.3) is 22.0 Å². The van der Waals surface area contributed by atoms with Gasteiger partial charge in [0.05, 0.1) is 5.69 Å². The van der Waals surface area contributed by atoms with Crippen LogP contribution in [0.4, 0.5) is 5.82 Å². The van der Waals surface area contributed by atoms with Crippen LogP contribution in [0.2, 0.25) is 0 Å². The lowest BCUT2D eigenvalue weighted by Gasteiger charge is -2.08. The molecule has 0 aliphatic rings. The van der Waals surface area contributed by atoms with Crippen molar-refractivity contribution in [1.82, 2.24) is 9.97 Å². The fourth-order valence-corrected chi connectivity index (χ4v) is 2.21. The second-order valence-corrected chi connectivity index (χ2v) is 4.34. The number of aromatic nitrogens is 2. The molecule has 1 aromatic carbocycles. The van der Waals surface area contributed by atoms with Gasteiger partial charge in [0.15, 0.2) is 0 Å². The number of hydrogen-bond donors (Lipinski definition) is 1. The van der Waals surface area contributed by atoms with Gasteiger partial charge in [0, 0.05) is 29.9 Å². The van der Waals surface area contributed by atoms with Crippen LogP contribution < -0.4 is 5.32 Å². The van der Waals surface area contributed by atoms with E-state index in [4.69, 9.17) is 0 Å². The summed E-state index contributed by atoms with van der Waals surface area (Å²) < 4.78 is 0. The zero-order valence-corrected chi connectivity index (χ0v) is 10.8. The maximum Gasteiger partial charge on any atom is 0.126 e. The first-order valence-electron chi connectivity index (χ1n) is 6.42. The maximum absolute atomic E-state index is 4.65. The predicted octanol–water partition coefficient (Wildman–Crippen LogP) is 3.73. The van der Waals surface area contributed by atoms with Crippen LogP contribution in [0.5, 0.6) is 0 Å². The van der Waals surface area contributed by atoms with Crippen molar-refractivity contribution >= 4 is 16.6 Å². The summed E-state index contributed by atoms with van der Waals surface area (Å²) >= 11 is 0. The summed E-state index contributed by atoms with van der Waals surface area (Å²) in [6.45, 7) is 2.94. The summed E-state index contributed by atoms with van der Waals surface area (Å²) in [4.78, 5) is 8.81. The van der Waals surface area contributed by atoms with Gasteiger partial charge in [-0.3, -0.25) is 4.98 Å². The lowest BCUT2D eigenvalue weighted by atomic mass is 10.0. The molecule has 0 radical (unpaired) electrons. The first kappa shape index (κ1) is 11.7. The molecular formula is C16H15N3. The first-order valence-corrected chi connectivity index (χ1v) is 6.42. The zero-order chi connectivity index (χ0) is 13.1. The number of nitrogens with one attached hydrogen (secondary N) is 1. The zero-order valence-electron chi connectivity index (χ0n) is 10.8. The molecule has 3 heteroatoms. The Hall–Kier alpha value is -2.42. The van der Waals surface area contributed by atoms with Crippen molar-refractivity contribution in [3.63, 3.8) is 0 Å². The Morgan fingerprint density at radius 3 is 2.84 bits per heavy atom. The average Bonchev–Trinajstić information content (AvgIpc) is 2.47. The van der Waals surface area contributed by atoms with E-state index >= 15 is 0 Å². The molecule has 0 unspecified atom stereocenters. The molecule has 0 amide bonds. The van der Waals surface area contributed by atoms with Crippen molar-refractivity contribution < 1.29 is 0 Å². The number of hydrogen-bond acceptors (Lipinski definition) is 3. The van der Waals surface area contributed by atoms with Gasteiger partial charge in [-0.05, 0) is 30.5 Å². The van der Waals surface area contributed by atoms with Gasteiger partial charge in [0.2, 0.25) is 0 Å². The third-order valence-corrected chi connectivity index (χ3v) is 3.06. The number of benzene rings is 1. The standard InChI is InChI=1S/C16H15N3/c1-2-18-16-8-4-7-15(19-16)14-6-3-5-12-11-17-10-9-13(12)14/h3-11H,2H2,1H3,(H,18,19). The Labute approximate surface area is 112 Å². The lowest BCUT2D eigenvalue weighted by molar-refractivity contribution is 1.16. The van der Waals surface area contributed by atoms with Gasteiger partial charge in [-0.25, -0.2) is 4.98 Å². The second-order valence-electron chi connectivity index (χ2n) is 4.34. The van der Waals surface area contributed by atoms with Gasteiger partial charge in [0.25, 0.3) is 0 Å². The van der Waals surface area contributed by atoms with E-state index in [2.05, 4.69) is 34.3 Å². The fourth-order valence-electron chi connectivity index (χ4n) is 2.21. The van der Waals surface area contributed by atoms with E-state index < -0.39 is 0 Å². The molecule has 3 rings (SSSR count). The van der Waals surface area contributed by atoms with Crippen LogP contribution >= 0.6 is 0 Å². The van der Waals surface area contributed by atoms with Gasteiger partial charge in [-0.15, -0.1) is 0 Å². The van der Waals surface area contributed by atoms with Crippen molar-refractivity contribution in [1.29, 1.82) is 0 Å². The lowest BCUT2D eigenvalue weighted by Crippen LogP contribution is -1.99. The minimum absolute atomic E-state index is 0.871. The van der Waals surface area contributed by atoms with Crippen LogP contribution in [-0.2, 0) is 0 Å². The molecule has 0 saturated heterocycles. The normalized spacial score (nSPS) is 10.6. The SMILES string of the molecule is CCNc1cccc(-c2cccc3cnccc23)n1. The van der Waals surface area contributed by atoms with Gasteiger partial charge in [-0.2, -0.15) is 0 Å². The summed E-state index contributed by atoms with van der Waals surface area (Å²) in [5.74, 6) is 0.908. The van der Waals surface area contributed by atoms with Crippen molar-refractivity contribution in [3.8, 4) is 11.3 Å². The number of anilines is 1. The summed E-state index contributed by atoms with van der Waals surface area (Å²) in [6, 6.07) is 14.3. The van der Waals surface area contributed by atoms with Crippen LogP contribution in [0.1, 0.15) is 6.92 Å². The monoisotopic (exact) mass is 249 g/mol. The number of rotatable bonds is 3. The molecule has 0 atom stereocenters. The molecule has 0 fully saturated rings. The smallest absolute Gasteiger partial charge is 0.126 e. The largest absolute Gasteiger partial charge is 0.370 e. The number of fused-ring (bicyclic) bond motifs is 1. The molecule has 94 valence electrons. The fraction of sp³-hybridized carbons (Fsp3) is 0.125. The molecular weight excluding hydrogens is 234 g/mol. The molecule has 3 aromatic rings. The van der Waals surface area contributed by atoms with Gasteiger partial charge in [-0.1, -0.05) is 24.3 Å². The topological polar surface area (TPSA) is 37.8 Å². The highest BCUT2D eigenvalue weighted by molar-refractivity contribution is 5.95. The Kier molecular flexibility index (Phi) is 3.11. The molecule has 3 nitrogen and oxygen atoms in total. The average molecular weight is 249 g/mol. The molecule has 2 heterocycles. The summed E-state index contributed by atoms with van der Waals surface area (Å²) in [6.07, 6.45) is 3.70. The summed E-state index contributed by atoms with van der Waals surface area (Å²) in [5.41, 5.74) is 2.12. The van der Waals surface area contributed by atoms with E-state index in [9.17, 15) is 0 Å². The highest BCUT2D eigenvalue weighted by Gasteiger charge is 2.05. The highest BCUT2D eigenvalue weighted by atomic mass is 15.0. The Bertz CT molecular complexity index is 702. The second kappa shape index (κ2) is 5.06. The third-order valence-electron chi connectivity index (χ3n) is 3.06. The van der Waals surface area contributed by atoms with Crippen molar-refractivity contribution in [2.45, 2.75) is 6.92 Å². The maximum atomic E-state index is 4.65. The molecule has 19 heavy (non-hydrogen) atoms. The summed E-state index contributed by atoms with van der Waals surface area (Å²) in [5, 5.41) is 5.56. The van der Waals surface area contributed by atoms with Crippen LogP contribution in [0, 0.1) is 0 Å². The molecule has 0 saturated carbocycles. The van der Waals surface area contributed by atoms with E-state index in [1.165, 1.54) is 5.39 Å². The molecule has 0 aliphatic carbocycles. The van der Waals surface area contributed by atoms with Crippen molar-refractivity contribution in [2.24, 2.45) is 0 Å². The molecule has 1 N–H and O–H groups in total. The third kappa shape index (κ3) is 2.27. The van der Waals surface area contributed by atoms with E-state index in [-0.39, 0.29) is 0 Å². The Morgan fingerprint density at radius 1 is 1.05 bits per heavy atom. The molecule has 2 aromatic heterocycles. The Morgan fingerprint density at radius 2 is 1.95 bits per heavy atom. The first-order chi connectivity index (χ1) is 9.38. The van der Waals surface area contributed by atoms with Crippen LogP contribution in [0.3, 0.4) is 0 Å². The van der Waals surface area contributed by atoms with Crippen molar-refractivity contribution in [2.75, 3.05) is 11.9 Å². The molecule has 0 bridgehead atoms. The van der Waals surface area contributed by atoms with E-state index in [0.717, 1.165) is 29.0 Å². The number of nitrogens with zero attached hydrogens (tertiary/aromatic N) is 2. The minimum atomic E-state index is 0.871. The van der Waals surface area contributed by atoms with Crippen LogP contribution in [-0.4, -0.2) is 16.5 Å². The van der Waals surface area contributed by atoms with Gasteiger partial charge in [0.1, 0.15) is 5.82 Å². The van der Waals surface area contributed by atoms with E-state index in [0.29, 0.717) is 0 Å². The van der Waals surface area contributed by atoms with E-state index in [1.807, 2.05) is 42.7 Å². The predicted molar refractivity (Wildman–Crippen MR) is 79.1 cm³/mol. The summed E-state index contributed by atoms with van der Waals surface area (Å²) in [7, 11) is 0. The van der Waals surface area contributed by atoms with Gasteiger partial charge >= 0.3 is 0 Å². The molecule has 0 spiro atoms. The van der Waals surface area contributed by atoms with E-state index in [1.54, 1.807) is 0 Å². The van der Waals surface area contributed by atoms with Crippen molar-refractivity contribution in [3.05, 3.63) is 54.9 Å². The molecule has 0 aliphatic heterocycles. The van der Waals surface area contributed by atoms with Crippen LogP contribution in [0.15, 0.2) is 54.9 Å². The Balaban J connectivity index is 2.16.